The molecular formula is C17H20FNO4. The highest BCUT2D eigenvalue weighted by Crippen LogP contribution is 2.47. The first kappa shape index (κ1) is 15.9. The molecule has 0 unspecified atom stereocenters. The van der Waals surface area contributed by atoms with Gasteiger partial charge in [0, 0.05) is 18.4 Å². The predicted octanol–water partition coefficient (Wildman–Crippen LogP) is 1.93. The van der Waals surface area contributed by atoms with Crippen molar-refractivity contribution in [1.82, 2.24) is 5.32 Å². The fourth-order valence-electron chi connectivity index (χ4n) is 3.23. The lowest BCUT2D eigenvalue weighted by atomic mass is 9.93. The highest BCUT2D eigenvalue weighted by molar-refractivity contribution is 5.87. The van der Waals surface area contributed by atoms with Gasteiger partial charge in [0.2, 0.25) is 5.91 Å². The van der Waals surface area contributed by atoms with Crippen LogP contribution in [0.3, 0.4) is 0 Å². The molecule has 1 aliphatic carbocycles. The Hall–Kier alpha value is -1.95. The van der Waals surface area contributed by atoms with E-state index >= 15 is 0 Å². The lowest BCUT2D eigenvalue weighted by Gasteiger charge is -2.28. The maximum Gasteiger partial charge on any atom is 0.326 e. The van der Waals surface area contributed by atoms with Gasteiger partial charge in [-0.05, 0) is 42.9 Å². The molecule has 0 aromatic heterocycles. The minimum atomic E-state index is -1.02. The summed E-state index contributed by atoms with van der Waals surface area (Å²) in [7, 11) is 0. The Bertz CT molecular complexity index is 583. The van der Waals surface area contributed by atoms with E-state index in [1.165, 1.54) is 12.1 Å². The van der Waals surface area contributed by atoms with Crippen molar-refractivity contribution in [2.24, 2.45) is 11.8 Å². The number of halogens is 1. The molecule has 124 valence electrons. The molecule has 3 rings (SSSR count). The Morgan fingerprint density at radius 3 is 2.65 bits per heavy atom. The van der Waals surface area contributed by atoms with E-state index in [4.69, 9.17) is 4.74 Å². The fraction of sp³-hybridized carbons (Fsp3) is 0.529. The average Bonchev–Trinajstić information content (AvgIpc) is 3.34. The summed E-state index contributed by atoms with van der Waals surface area (Å²) in [5, 5.41) is 12.0. The number of hydrogen-bond acceptors (Lipinski definition) is 3. The van der Waals surface area contributed by atoms with Crippen LogP contribution in [0, 0.1) is 17.7 Å². The summed E-state index contributed by atoms with van der Waals surface area (Å²) in [5.41, 5.74) is 0.916. The van der Waals surface area contributed by atoms with Crippen molar-refractivity contribution in [2.45, 2.75) is 31.2 Å². The first-order valence-corrected chi connectivity index (χ1v) is 7.92. The third-order valence-electron chi connectivity index (χ3n) is 4.66. The second-order valence-electron chi connectivity index (χ2n) is 6.30. The van der Waals surface area contributed by atoms with Gasteiger partial charge >= 0.3 is 5.97 Å². The summed E-state index contributed by atoms with van der Waals surface area (Å²) < 4.78 is 18.3. The standard InChI is InChI=1S/C17H20FNO4/c18-12-5-3-10(4-6-12)13-8-14(13)16(20)19-15(17(21)22)11-2-1-7-23-9-11/h3-6,11,13-15H,1-2,7-9H2,(H,19,20)(H,21,22)/t11-,13+,14+,15+/m1/s1. The molecule has 1 saturated carbocycles. The summed E-state index contributed by atoms with van der Waals surface area (Å²) in [6, 6.07) is 5.20. The molecule has 2 fully saturated rings. The Balaban J connectivity index is 1.59. The summed E-state index contributed by atoms with van der Waals surface area (Å²) in [6.45, 7) is 1.01. The van der Waals surface area contributed by atoms with Crippen molar-refractivity contribution in [3.05, 3.63) is 35.6 Å². The molecule has 0 radical (unpaired) electrons. The number of carbonyl (C=O) groups is 2. The Labute approximate surface area is 133 Å². The van der Waals surface area contributed by atoms with Gasteiger partial charge < -0.3 is 15.2 Å². The molecule has 1 aromatic carbocycles. The molecule has 6 heteroatoms. The van der Waals surface area contributed by atoms with E-state index in [0.29, 0.717) is 19.6 Å². The number of benzene rings is 1. The van der Waals surface area contributed by atoms with Gasteiger partial charge in [-0.3, -0.25) is 4.79 Å². The van der Waals surface area contributed by atoms with Crippen LogP contribution in [0.4, 0.5) is 4.39 Å². The van der Waals surface area contributed by atoms with E-state index in [1.54, 1.807) is 12.1 Å². The molecule has 5 nitrogen and oxygen atoms in total. The number of carbonyl (C=O) groups excluding carboxylic acids is 1. The van der Waals surface area contributed by atoms with Crippen molar-refractivity contribution in [3.63, 3.8) is 0 Å². The average molecular weight is 321 g/mol. The highest BCUT2D eigenvalue weighted by atomic mass is 19.1. The van der Waals surface area contributed by atoms with Crippen LogP contribution in [-0.4, -0.2) is 36.2 Å². The summed E-state index contributed by atoms with van der Waals surface area (Å²) in [4.78, 5) is 23.8. The molecule has 0 spiro atoms. The topological polar surface area (TPSA) is 75.6 Å². The Morgan fingerprint density at radius 1 is 1.30 bits per heavy atom. The van der Waals surface area contributed by atoms with Crippen molar-refractivity contribution in [1.29, 1.82) is 0 Å². The van der Waals surface area contributed by atoms with E-state index in [1.807, 2.05) is 0 Å². The van der Waals surface area contributed by atoms with Gasteiger partial charge in [-0.25, -0.2) is 9.18 Å². The predicted molar refractivity (Wildman–Crippen MR) is 80.4 cm³/mol. The zero-order valence-corrected chi connectivity index (χ0v) is 12.7. The monoisotopic (exact) mass is 321 g/mol. The van der Waals surface area contributed by atoms with Crippen molar-refractivity contribution >= 4 is 11.9 Å². The largest absolute Gasteiger partial charge is 0.480 e. The lowest BCUT2D eigenvalue weighted by Crippen LogP contribution is -2.49. The number of carboxylic acid groups (broad SMARTS) is 1. The number of amides is 1. The van der Waals surface area contributed by atoms with Gasteiger partial charge in [0.15, 0.2) is 0 Å². The number of nitrogens with one attached hydrogen (secondary N) is 1. The summed E-state index contributed by atoms with van der Waals surface area (Å²) in [5.74, 6) is -1.93. The molecule has 1 saturated heterocycles. The second kappa shape index (κ2) is 6.66. The number of rotatable bonds is 5. The number of aliphatic carboxylic acids is 1. The zero-order valence-electron chi connectivity index (χ0n) is 12.7. The summed E-state index contributed by atoms with van der Waals surface area (Å²) >= 11 is 0. The fourth-order valence-corrected chi connectivity index (χ4v) is 3.23. The lowest BCUT2D eigenvalue weighted by molar-refractivity contribution is -0.145. The van der Waals surface area contributed by atoms with Crippen molar-refractivity contribution in [2.75, 3.05) is 13.2 Å². The molecule has 2 aliphatic rings. The molecule has 4 atom stereocenters. The van der Waals surface area contributed by atoms with Gasteiger partial charge in [0.1, 0.15) is 11.9 Å². The van der Waals surface area contributed by atoms with Crippen LogP contribution in [0.25, 0.3) is 0 Å². The van der Waals surface area contributed by atoms with Gasteiger partial charge in [0.25, 0.3) is 0 Å². The van der Waals surface area contributed by atoms with Crippen LogP contribution in [0.2, 0.25) is 0 Å². The van der Waals surface area contributed by atoms with Gasteiger partial charge in [0.05, 0.1) is 6.61 Å². The van der Waals surface area contributed by atoms with E-state index in [-0.39, 0.29) is 29.5 Å². The second-order valence-corrected chi connectivity index (χ2v) is 6.30. The molecule has 0 bridgehead atoms. The summed E-state index contributed by atoms with van der Waals surface area (Å²) in [6.07, 6.45) is 2.22. The first-order valence-electron chi connectivity index (χ1n) is 7.92. The maximum atomic E-state index is 12.9. The normalized spacial score (nSPS) is 28.0. The quantitative estimate of drug-likeness (QED) is 0.869. The Morgan fingerprint density at radius 2 is 2.04 bits per heavy atom. The molecule has 1 aromatic rings. The molecule has 1 aliphatic heterocycles. The number of hydrogen-bond donors (Lipinski definition) is 2. The van der Waals surface area contributed by atoms with E-state index in [0.717, 1.165) is 18.4 Å². The third-order valence-corrected chi connectivity index (χ3v) is 4.66. The van der Waals surface area contributed by atoms with Crippen molar-refractivity contribution < 1.29 is 23.8 Å². The minimum Gasteiger partial charge on any atom is -0.480 e. The zero-order chi connectivity index (χ0) is 16.4. The van der Waals surface area contributed by atoms with Gasteiger partial charge in [-0.2, -0.15) is 0 Å². The maximum absolute atomic E-state index is 12.9. The van der Waals surface area contributed by atoms with Crippen molar-refractivity contribution in [3.8, 4) is 0 Å². The van der Waals surface area contributed by atoms with E-state index in [2.05, 4.69) is 5.32 Å². The third kappa shape index (κ3) is 3.69. The van der Waals surface area contributed by atoms with Crippen LogP contribution in [-0.2, 0) is 14.3 Å². The van der Waals surface area contributed by atoms with Crippen LogP contribution in [0.5, 0.6) is 0 Å². The SMILES string of the molecule is O=C(N[C@H](C(=O)O)[C@@H]1CCCOC1)[C@H]1C[C@H]1c1ccc(F)cc1. The molecular weight excluding hydrogens is 301 g/mol. The molecule has 1 amide bonds. The van der Waals surface area contributed by atoms with Crippen LogP contribution in [0.15, 0.2) is 24.3 Å². The number of ether oxygens (including phenoxy) is 1. The molecule has 23 heavy (non-hydrogen) atoms. The first-order chi connectivity index (χ1) is 11.1. The molecule has 1 heterocycles. The minimum absolute atomic E-state index is 0.0488. The Kier molecular flexibility index (Phi) is 4.61. The van der Waals surface area contributed by atoms with Crippen LogP contribution >= 0.6 is 0 Å². The number of carboxylic acids is 1. The van der Waals surface area contributed by atoms with E-state index < -0.39 is 12.0 Å². The smallest absolute Gasteiger partial charge is 0.326 e. The van der Waals surface area contributed by atoms with Crippen LogP contribution in [0.1, 0.15) is 30.7 Å². The molecule has 2 N–H and O–H groups in total. The van der Waals surface area contributed by atoms with Gasteiger partial charge in [-0.1, -0.05) is 12.1 Å². The van der Waals surface area contributed by atoms with Crippen LogP contribution < -0.4 is 5.32 Å². The van der Waals surface area contributed by atoms with Gasteiger partial charge in [-0.15, -0.1) is 0 Å². The van der Waals surface area contributed by atoms with E-state index in [9.17, 15) is 19.1 Å². The highest BCUT2D eigenvalue weighted by Gasteiger charge is 2.45.